The average Bonchev–Trinajstić information content (AvgIpc) is 3.29. The summed E-state index contributed by atoms with van der Waals surface area (Å²) >= 11 is 1.56. The Hall–Kier alpha value is -3.19. The highest BCUT2D eigenvalue weighted by Crippen LogP contribution is 2.31. The lowest BCUT2D eigenvalue weighted by atomic mass is 10.1. The van der Waals surface area contributed by atoms with E-state index in [4.69, 9.17) is 4.74 Å². The average molecular weight is 421 g/mol. The van der Waals surface area contributed by atoms with Gasteiger partial charge in [-0.3, -0.25) is 10.00 Å². The fourth-order valence-electron chi connectivity index (χ4n) is 3.33. The van der Waals surface area contributed by atoms with Gasteiger partial charge < -0.3 is 4.74 Å². The number of nitrogens with one attached hydrogen (secondary N) is 1. The molecule has 2 aromatic carbocycles. The molecule has 1 amide bonds. The third kappa shape index (κ3) is 4.21. The predicted octanol–water partition coefficient (Wildman–Crippen LogP) is 5.85. The summed E-state index contributed by atoms with van der Waals surface area (Å²) < 4.78 is 7.32. The molecule has 2 heterocycles. The fraction of sp³-hybridized carbons (Fsp3) is 0.261. The first-order valence-electron chi connectivity index (χ1n) is 9.88. The maximum atomic E-state index is 12.3. The zero-order valence-electron chi connectivity index (χ0n) is 17.5. The first-order chi connectivity index (χ1) is 14.4. The Morgan fingerprint density at radius 1 is 1.17 bits per heavy atom. The molecule has 154 valence electrons. The van der Waals surface area contributed by atoms with Crippen LogP contribution in [0.5, 0.6) is 0 Å². The zero-order valence-corrected chi connectivity index (χ0v) is 18.3. The molecule has 0 saturated carbocycles. The summed E-state index contributed by atoms with van der Waals surface area (Å²) in [5.74, 6) is 0. The minimum absolute atomic E-state index is 0.191. The molecule has 0 fully saturated rings. The number of aromatic nitrogens is 3. The molecule has 2 aromatic heterocycles. The molecule has 0 saturated heterocycles. The van der Waals surface area contributed by atoms with Crippen LogP contribution in [0.1, 0.15) is 28.6 Å². The van der Waals surface area contributed by atoms with Gasteiger partial charge in [0.15, 0.2) is 0 Å². The highest BCUT2D eigenvalue weighted by atomic mass is 32.1. The van der Waals surface area contributed by atoms with Crippen molar-refractivity contribution in [3.8, 4) is 10.6 Å². The van der Waals surface area contributed by atoms with E-state index in [1.165, 1.54) is 11.1 Å². The van der Waals surface area contributed by atoms with Gasteiger partial charge in [-0.25, -0.2) is 9.78 Å². The molecule has 0 aliphatic rings. The number of amides is 1. The minimum Gasteiger partial charge on any atom is -0.444 e. The summed E-state index contributed by atoms with van der Waals surface area (Å²) in [4.78, 5) is 17.9. The van der Waals surface area contributed by atoms with Crippen molar-refractivity contribution in [2.24, 2.45) is 0 Å². The number of carbonyl (C=O) groups excluding carboxylic acids is 1. The first kappa shape index (κ1) is 20.1. The Bertz CT molecular complexity index is 1230. The van der Waals surface area contributed by atoms with Gasteiger partial charge in [-0.15, -0.1) is 11.3 Å². The van der Waals surface area contributed by atoms with E-state index in [0.717, 1.165) is 38.6 Å². The van der Waals surface area contributed by atoms with E-state index in [2.05, 4.69) is 47.4 Å². The fourth-order valence-corrected chi connectivity index (χ4v) is 4.40. The number of hydrogen-bond acceptors (Lipinski definition) is 5. The topological polar surface area (TPSA) is 69.0 Å². The lowest BCUT2D eigenvalue weighted by molar-refractivity contribution is 0.156. The number of hydrogen-bond donors (Lipinski definition) is 1. The Morgan fingerprint density at radius 2 is 2.00 bits per heavy atom. The van der Waals surface area contributed by atoms with E-state index in [1.807, 2.05) is 42.9 Å². The van der Waals surface area contributed by atoms with Crippen LogP contribution in [0.2, 0.25) is 0 Å². The maximum absolute atomic E-state index is 12.3. The number of anilines is 1. The molecular weight excluding hydrogens is 396 g/mol. The molecule has 0 atom stereocenters. The number of thiazole rings is 1. The van der Waals surface area contributed by atoms with Crippen LogP contribution in [0.3, 0.4) is 0 Å². The number of benzene rings is 2. The normalized spacial score (nSPS) is 11.1. The quantitative estimate of drug-likeness (QED) is 0.439. The molecule has 6 nitrogen and oxygen atoms in total. The molecule has 4 rings (SSSR count). The molecule has 0 unspecified atom stereocenters. The van der Waals surface area contributed by atoms with Crippen molar-refractivity contribution >= 4 is 34.0 Å². The minimum atomic E-state index is -0.488. The third-order valence-corrected chi connectivity index (χ3v) is 6.13. The summed E-state index contributed by atoms with van der Waals surface area (Å²) in [6.45, 7) is 9.14. The molecule has 7 heteroatoms. The van der Waals surface area contributed by atoms with Gasteiger partial charge >= 0.3 is 6.09 Å². The Labute approximate surface area is 179 Å². The number of nitrogens with zero attached hydrogens (tertiary/aromatic N) is 3. The van der Waals surface area contributed by atoms with Crippen molar-refractivity contribution in [2.75, 3.05) is 5.32 Å². The van der Waals surface area contributed by atoms with Crippen LogP contribution in [0.4, 0.5) is 10.5 Å². The van der Waals surface area contributed by atoms with Gasteiger partial charge in [0, 0.05) is 29.4 Å². The maximum Gasteiger partial charge on any atom is 0.411 e. The van der Waals surface area contributed by atoms with Gasteiger partial charge in [0.2, 0.25) is 0 Å². The predicted molar refractivity (Wildman–Crippen MR) is 121 cm³/mol. The van der Waals surface area contributed by atoms with Crippen molar-refractivity contribution in [3.63, 3.8) is 0 Å². The largest absolute Gasteiger partial charge is 0.444 e. The van der Waals surface area contributed by atoms with Gasteiger partial charge in [-0.2, -0.15) is 5.10 Å². The molecule has 0 spiro atoms. The number of fused-ring (bicyclic) bond motifs is 1. The van der Waals surface area contributed by atoms with E-state index in [9.17, 15) is 4.79 Å². The van der Waals surface area contributed by atoms with E-state index in [0.29, 0.717) is 5.69 Å². The summed E-state index contributed by atoms with van der Waals surface area (Å²) in [6.07, 6.45) is 1.47. The second-order valence-electron chi connectivity index (χ2n) is 7.31. The van der Waals surface area contributed by atoms with Gasteiger partial charge in [0.25, 0.3) is 0 Å². The second-order valence-corrected chi connectivity index (χ2v) is 8.39. The molecule has 1 N–H and O–H groups in total. The van der Waals surface area contributed by atoms with E-state index in [-0.39, 0.29) is 6.61 Å². The van der Waals surface area contributed by atoms with Crippen LogP contribution in [0, 0.1) is 20.8 Å². The lowest BCUT2D eigenvalue weighted by Crippen LogP contribution is -2.13. The molecule has 0 bridgehead atoms. The first-order valence-corrected chi connectivity index (χ1v) is 10.7. The monoisotopic (exact) mass is 420 g/mol. The molecule has 0 radical (unpaired) electrons. The summed E-state index contributed by atoms with van der Waals surface area (Å²) in [5, 5.41) is 9.16. The van der Waals surface area contributed by atoms with Gasteiger partial charge in [-0.1, -0.05) is 23.8 Å². The number of aryl methyl sites for hydroxylation is 4. The Morgan fingerprint density at radius 3 is 2.77 bits per heavy atom. The van der Waals surface area contributed by atoms with Crippen LogP contribution in [-0.4, -0.2) is 20.9 Å². The molecule has 4 aromatic rings. The zero-order chi connectivity index (χ0) is 21.3. The lowest BCUT2D eigenvalue weighted by Gasteiger charge is -2.06. The van der Waals surface area contributed by atoms with Crippen LogP contribution >= 0.6 is 11.3 Å². The van der Waals surface area contributed by atoms with Crippen molar-refractivity contribution in [3.05, 3.63) is 64.3 Å². The summed E-state index contributed by atoms with van der Waals surface area (Å²) in [6, 6.07) is 11.9. The van der Waals surface area contributed by atoms with Crippen molar-refractivity contribution < 1.29 is 9.53 Å². The van der Waals surface area contributed by atoms with Gasteiger partial charge in [-0.05, 0) is 51.5 Å². The summed E-state index contributed by atoms with van der Waals surface area (Å²) in [7, 11) is 0. The van der Waals surface area contributed by atoms with Crippen molar-refractivity contribution in [1.82, 2.24) is 14.8 Å². The van der Waals surface area contributed by atoms with E-state index < -0.39 is 6.09 Å². The van der Waals surface area contributed by atoms with Gasteiger partial charge in [0.05, 0.1) is 16.1 Å². The molecular formula is C23H24N4O2S. The summed E-state index contributed by atoms with van der Waals surface area (Å²) in [5.41, 5.74) is 6.00. The van der Waals surface area contributed by atoms with E-state index >= 15 is 0 Å². The Balaban J connectivity index is 1.42. The Kier molecular flexibility index (Phi) is 5.55. The SMILES string of the molecule is CCn1cc2cc(NC(=O)OCc3sc(-c4ccc(C)cc4C)nc3C)ccc2n1. The van der Waals surface area contributed by atoms with Crippen LogP contribution in [0.15, 0.2) is 42.6 Å². The highest BCUT2D eigenvalue weighted by Gasteiger charge is 2.14. The second kappa shape index (κ2) is 8.28. The molecule has 30 heavy (non-hydrogen) atoms. The number of ether oxygens (including phenoxy) is 1. The molecule has 0 aliphatic carbocycles. The van der Waals surface area contributed by atoms with Crippen LogP contribution < -0.4 is 5.32 Å². The number of rotatable bonds is 5. The number of carbonyl (C=O) groups is 1. The standard InChI is InChI=1S/C23H24N4O2S/c1-5-27-12-17-11-18(7-9-20(17)26-27)25-23(28)29-13-21-16(4)24-22(30-21)19-8-6-14(2)10-15(19)3/h6-12H,5,13H2,1-4H3,(H,25,28). The third-order valence-electron chi connectivity index (χ3n) is 4.96. The van der Waals surface area contributed by atoms with Crippen LogP contribution in [0.25, 0.3) is 21.5 Å². The van der Waals surface area contributed by atoms with Crippen LogP contribution in [-0.2, 0) is 17.9 Å². The highest BCUT2D eigenvalue weighted by molar-refractivity contribution is 7.15. The van der Waals surface area contributed by atoms with Crippen molar-refractivity contribution in [2.45, 2.75) is 40.8 Å². The van der Waals surface area contributed by atoms with E-state index in [1.54, 1.807) is 11.3 Å². The smallest absolute Gasteiger partial charge is 0.411 e. The van der Waals surface area contributed by atoms with Gasteiger partial charge in [0.1, 0.15) is 11.6 Å². The van der Waals surface area contributed by atoms with Crippen molar-refractivity contribution in [1.29, 1.82) is 0 Å². The molecule has 0 aliphatic heterocycles.